The summed E-state index contributed by atoms with van der Waals surface area (Å²) in [5.74, 6) is 1.24. The van der Waals surface area contributed by atoms with Gasteiger partial charge in [-0.2, -0.15) is 0 Å². The first kappa shape index (κ1) is 49.2. The van der Waals surface area contributed by atoms with Gasteiger partial charge >= 0.3 is 0 Å². The van der Waals surface area contributed by atoms with Crippen LogP contribution in [0.4, 0.5) is 0 Å². The molecule has 0 unspecified atom stereocenters. The lowest BCUT2D eigenvalue weighted by Gasteiger charge is -2.11. The predicted octanol–water partition coefficient (Wildman–Crippen LogP) is 21.9. The topological polar surface area (TPSA) is 101 Å². The van der Waals surface area contributed by atoms with Gasteiger partial charge in [0.25, 0.3) is 0 Å². The normalized spacial score (nSPS) is 12.2. The molecule has 10 heteroatoms. The zero-order valence-corrected chi connectivity index (χ0v) is 48.5. The van der Waals surface area contributed by atoms with Crippen LogP contribution in [0, 0.1) is 0 Å². The van der Waals surface area contributed by atoms with Gasteiger partial charge < -0.3 is 22.4 Å². The first-order valence-corrected chi connectivity index (χ1v) is 30.9. The van der Waals surface area contributed by atoms with E-state index >= 15 is 0 Å². The van der Waals surface area contributed by atoms with E-state index in [0.717, 1.165) is 133 Å². The Morgan fingerprint density at radius 2 is 0.767 bits per heavy atom. The lowest BCUT2D eigenvalue weighted by atomic mass is 10.0. The summed E-state index contributed by atoms with van der Waals surface area (Å²) in [5, 5.41) is 11.2. The predicted molar refractivity (Wildman–Crippen MR) is 368 cm³/mol. The maximum Gasteiger partial charge on any atom is 0.180 e. The second kappa shape index (κ2) is 18.8. The Hall–Kier alpha value is -12.0. The van der Waals surface area contributed by atoms with Crippen LogP contribution in [0.15, 0.2) is 280 Å². The van der Waals surface area contributed by atoms with Gasteiger partial charge in [0.1, 0.15) is 44.8 Å². The lowest BCUT2D eigenvalue weighted by molar-refractivity contribution is 0.667. The fraction of sp³-hybridized carbons (Fsp3) is 0. The van der Waals surface area contributed by atoms with Crippen molar-refractivity contribution in [2.75, 3.05) is 0 Å². The van der Waals surface area contributed by atoms with Crippen LogP contribution >= 0.6 is 11.3 Å². The summed E-state index contributed by atoms with van der Waals surface area (Å²) in [7, 11) is 0. The molecule has 12 aromatic carbocycles. The second-order valence-electron chi connectivity index (χ2n) is 23.2. The Bertz CT molecular complexity index is 6390. The Morgan fingerprint density at radius 1 is 0.278 bits per heavy atom. The molecule has 0 saturated heterocycles. The van der Waals surface area contributed by atoms with Crippen molar-refractivity contribution >= 4 is 141 Å². The summed E-state index contributed by atoms with van der Waals surface area (Å²) in [4.78, 5) is 21.1. The van der Waals surface area contributed by atoms with E-state index in [9.17, 15) is 0 Å². The zero-order valence-electron chi connectivity index (χ0n) is 47.7. The summed E-state index contributed by atoms with van der Waals surface area (Å²) in [5.41, 5.74) is 19.9. The van der Waals surface area contributed by atoms with Crippen LogP contribution in [0.2, 0.25) is 0 Å². The summed E-state index contributed by atoms with van der Waals surface area (Å²) in [6.07, 6.45) is 0. The molecular formula is C80H44N6O3S. The first-order chi connectivity index (χ1) is 44.6. The van der Waals surface area contributed by atoms with E-state index in [2.05, 4.69) is 209 Å². The highest BCUT2D eigenvalue weighted by molar-refractivity contribution is 7.26. The molecule has 90 heavy (non-hydrogen) atoms. The minimum atomic E-state index is 0.621. The van der Waals surface area contributed by atoms with Gasteiger partial charge in [-0.1, -0.05) is 146 Å². The number of fused-ring (bicyclic) bond motifs is 20. The molecule has 0 radical (unpaired) electrons. The number of nitrogens with zero attached hydrogens (tertiary/aromatic N) is 6. The average Bonchev–Trinajstić information content (AvgIpc) is 1.85. The maximum absolute atomic E-state index is 6.95. The molecule has 0 atom stereocenters. The number of hydrogen-bond acceptors (Lipinski definition) is 8. The average molecular weight is 1170 g/mol. The van der Waals surface area contributed by atoms with Gasteiger partial charge in [-0.25, -0.2) is 19.9 Å². The number of aromatic nitrogens is 6. The monoisotopic (exact) mass is 1170 g/mol. The van der Waals surface area contributed by atoms with Gasteiger partial charge in [0.2, 0.25) is 0 Å². The van der Waals surface area contributed by atoms with Crippen molar-refractivity contribution in [3.63, 3.8) is 0 Å². The van der Waals surface area contributed by atoms with Crippen LogP contribution in [-0.4, -0.2) is 29.1 Å². The van der Waals surface area contributed by atoms with E-state index in [1.165, 1.54) is 42.0 Å². The molecule has 0 amide bonds. The van der Waals surface area contributed by atoms with E-state index in [4.69, 9.17) is 33.2 Å². The third-order valence-corrected chi connectivity index (χ3v) is 19.3. The Morgan fingerprint density at radius 3 is 1.46 bits per heavy atom. The zero-order chi connectivity index (χ0) is 58.7. The van der Waals surface area contributed by atoms with Gasteiger partial charge in [0, 0.05) is 91.5 Å². The first-order valence-electron chi connectivity index (χ1n) is 30.1. The Labute approximate surface area is 515 Å². The van der Waals surface area contributed by atoms with Crippen molar-refractivity contribution in [1.29, 1.82) is 0 Å². The van der Waals surface area contributed by atoms with E-state index < -0.39 is 0 Å². The minimum absolute atomic E-state index is 0.621. The van der Waals surface area contributed by atoms with Crippen molar-refractivity contribution in [1.82, 2.24) is 29.1 Å². The molecule has 0 bridgehead atoms. The molecule has 8 heterocycles. The second-order valence-corrected chi connectivity index (χ2v) is 24.3. The van der Waals surface area contributed by atoms with Crippen molar-refractivity contribution in [3.8, 4) is 67.8 Å². The molecular weight excluding hydrogens is 1120 g/mol. The summed E-state index contributed by atoms with van der Waals surface area (Å²) < 4.78 is 27.3. The summed E-state index contributed by atoms with van der Waals surface area (Å²) >= 11 is 1.85. The van der Waals surface area contributed by atoms with Crippen LogP contribution in [0.1, 0.15) is 0 Å². The largest absolute Gasteiger partial charge is 0.456 e. The molecule has 0 fully saturated rings. The maximum atomic E-state index is 6.95. The van der Waals surface area contributed by atoms with Crippen LogP contribution < -0.4 is 0 Å². The van der Waals surface area contributed by atoms with Gasteiger partial charge in [-0.05, 0) is 132 Å². The lowest BCUT2D eigenvalue weighted by Crippen LogP contribution is -1.96. The van der Waals surface area contributed by atoms with E-state index in [1.807, 2.05) is 78.1 Å². The number of thiophene rings is 1. The molecule has 418 valence electrons. The van der Waals surface area contributed by atoms with Crippen molar-refractivity contribution in [3.05, 3.63) is 267 Å². The molecule has 8 aromatic heterocycles. The molecule has 0 saturated carbocycles. The van der Waals surface area contributed by atoms with Gasteiger partial charge in [0.15, 0.2) is 22.8 Å². The van der Waals surface area contributed by atoms with Crippen molar-refractivity contribution < 1.29 is 13.3 Å². The number of hydrogen-bond donors (Lipinski definition) is 0. The molecule has 0 aliphatic rings. The van der Waals surface area contributed by atoms with E-state index in [1.54, 1.807) is 0 Å². The number of para-hydroxylation sites is 3. The Kier molecular flexibility index (Phi) is 10.3. The third kappa shape index (κ3) is 7.19. The van der Waals surface area contributed by atoms with Gasteiger partial charge in [0.05, 0.1) is 27.5 Å². The highest BCUT2D eigenvalue weighted by atomic mass is 32.1. The van der Waals surface area contributed by atoms with Crippen LogP contribution in [0.3, 0.4) is 0 Å². The van der Waals surface area contributed by atoms with Gasteiger partial charge in [-0.15, -0.1) is 11.3 Å². The highest BCUT2D eigenvalue weighted by Crippen LogP contribution is 2.46. The van der Waals surface area contributed by atoms with Crippen molar-refractivity contribution in [2.24, 2.45) is 0 Å². The number of benzene rings is 12. The van der Waals surface area contributed by atoms with Crippen LogP contribution in [0.5, 0.6) is 0 Å². The SMILES string of the molecule is c1ccc(-c2nc(-c3ccc(-n4c5ccc(-c6ccc7c(c6)oc6c(-c8ccccc8)nc(-c8ccc(-n9c%10ccccc%10c%10ccc%11sc%12ccccc%12c%11c%109)cc8)nc67)cc5c5ccc6oc7ccccc7c6c54)cc3)nc3c2oc2ccccc23)cc1. The summed E-state index contributed by atoms with van der Waals surface area (Å²) in [6.45, 7) is 0. The standard InChI is InChI=1S/C80H44N6O3S/c1-3-15-45(16-4-1)71-77-73(57-21-9-13-25-64(57)88-77)83-79(81-71)47-29-35-52(36-30-47)86-62-40-32-49(43-60(62)55-38-41-65-69(75(55)86)56-20-8-12-24-63(56)87-65)50-31-37-58-66(44-50)89-78-72(46-17-5-2-6-18-46)82-80(84-74(58)78)48-27-33-51(34-28-48)85-61-23-11-7-19-53(61)54-39-42-68-70(76(54)85)59-22-10-14-26-67(59)90-68/h1-44H. The molecule has 0 aliphatic heterocycles. The minimum Gasteiger partial charge on any atom is -0.456 e. The van der Waals surface area contributed by atoms with E-state index in [0.29, 0.717) is 22.8 Å². The molecule has 0 N–H and O–H groups in total. The quantitative estimate of drug-likeness (QED) is 0.157. The fourth-order valence-electron chi connectivity index (χ4n) is 14.1. The summed E-state index contributed by atoms with van der Waals surface area (Å²) in [6, 6.07) is 93.7. The molecule has 0 spiro atoms. The smallest absolute Gasteiger partial charge is 0.180 e. The molecule has 0 aliphatic carbocycles. The molecule has 20 rings (SSSR count). The molecule has 20 aromatic rings. The van der Waals surface area contributed by atoms with Crippen molar-refractivity contribution in [2.45, 2.75) is 0 Å². The number of furan rings is 3. The third-order valence-electron chi connectivity index (χ3n) is 18.2. The fourth-order valence-corrected chi connectivity index (χ4v) is 15.2. The van der Waals surface area contributed by atoms with Crippen LogP contribution in [0.25, 0.3) is 198 Å². The Balaban J connectivity index is 0.712. The number of rotatable bonds is 7. The van der Waals surface area contributed by atoms with Gasteiger partial charge in [-0.3, -0.25) is 0 Å². The molecule has 9 nitrogen and oxygen atoms in total. The highest BCUT2D eigenvalue weighted by Gasteiger charge is 2.25. The van der Waals surface area contributed by atoms with E-state index in [-0.39, 0.29) is 0 Å². The van der Waals surface area contributed by atoms with Crippen LogP contribution in [-0.2, 0) is 0 Å².